The molecule has 13 rings (SSSR count). The van der Waals surface area contributed by atoms with Crippen LogP contribution in [0, 0.1) is 12.8 Å². The zero-order chi connectivity index (χ0) is 78.2. The Morgan fingerprint density at radius 1 is 0.734 bits per heavy atom. The summed E-state index contributed by atoms with van der Waals surface area (Å²) in [7, 11) is 0. The Morgan fingerprint density at radius 3 is 1.96 bits per heavy atom. The highest BCUT2D eigenvalue weighted by molar-refractivity contribution is 6.32. The molecular formula is C73H80Cl3N9O24. The van der Waals surface area contributed by atoms with Crippen LogP contribution in [0.25, 0.3) is 11.1 Å². The number of aliphatic imine (C=N–C) groups is 1. The number of benzene rings is 6. The summed E-state index contributed by atoms with van der Waals surface area (Å²) in [6, 6.07) is 6.16. The number of phenols is 3. The number of aryl methyl sites for hydroxylation is 1. The molecule has 0 unspecified atom stereocenters. The van der Waals surface area contributed by atoms with E-state index in [4.69, 9.17) is 57.4 Å². The molecule has 0 saturated carbocycles. The number of phenolic OH excluding ortho intramolecular Hbond substituents is 3. The topological polar surface area (TPSA) is 532 Å². The van der Waals surface area contributed by atoms with Crippen LogP contribution < -0.4 is 70.0 Å². The minimum atomic E-state index is -2.36. The standard InChI is InChI=1S/C73H79Cl2N9O24.ClH/c1-28(2)15-41(78-26-31-8-6-7-29(3)16-31)65(95)83-56-58(90)33-10-13-45(39(74)18-33)104-47-20-35-21-48(62(47)108-72-63(61(93)60(92)49(27-85)106-72)107-51-25-73(5,77)64(94)30(4)103-51)105-46-14-11-34(19-40(46)75)59(91)57-70(100)82-55(71(101)102)38-22-36(86)23-44(88)52(38)37-17-32(9-12-43(37)87)53(67(97)84-57)81-68(98)54(35)80-66(96)42(24-50(76)89)79-69(56)99;/h6-14,16-23,26,28,30,41-42,49,51,53-61,63-64,72,85-88,90-94H,15,24-25,27,77H2,1-5H3,(H2,76,89)(H,79,99)(H,80,96)(H,81,98)(H,82,100)(H,83,95)(H,84,97)(H,101,102);1H/t30-,41+,42-,49+,51-,53+,54-,55-,56+,57-,58+,59+,60+,61-,63+,64+,72-,73-;/m0./s1. The van der Waals surface area contributed by atoms with Crippen LogP contribution in [0.5, 0.6) is 46.0 Å². The monoisotopic (exact) mass is 1570 g/mol. The van der Waals surface area contributed by atoms with Crippen LogP contribution in [0.1, 0.15) is 116 Å². The summed E-state index contributed by atoms with van der Waals surface area (Å²) in [6.45, 7) is 7.65. The second-order valence-corrected chi connectivity index (χ2v) is 28.5. The van der Waals surface area contributed by atoms with Gasteiger partial charge in [-0.25, -0.2) is 4.79 Å². The third kappa shape index (κ3) is 17.8. The predicted octanol–water partition coefficient (Wildman–Crippen LogP) is -1.40. The summed E-state index contributed by atoms with van der Waals surface area (Å²) in [5.41, 5.74) is 7.40. The van der Waals surface area contributed by atoms with Gasteiger partial charge in [0.15, 0.2) is 29.9 Å². The second kappa shape index (κ2) is 33.5. The number of primary amides is 1. The number of ether oxygens (including phenoxy) is 6. The van der Waals surface area contributed by atoms with Gasteiger partial charge in [0.05, 0.1) is 35.6 Å². The number of nitrogens with zero attached hydrogens (tertiary/aromatic N) is 1. The highest BCUT2D eigenvalue weighted by Gasteiger charge is 2.52. The van der Waals surface area contributed by atoms with Gasteiger partial charge < -0.3 is 135 Å². The molecule has 7 aliphatic heterocycles. The number of halogens is 3. The first-order chi connectivity index (χ1) is 51.1. The van der Waals surface area contributed by atoms with Crippen molar-refractivity contribution in [1.82, 2.24) is 31.9 Å². The Bertz CT molecular complexity index is 4550. The molecule has 18 atom stereocenters. The minimum Gasteiger partial charge on any atom is -1.00 e. The number of nitrogens with one attached hydrogen (secondary N) is 6. The fraction of sp³-hybridized carbons (Fsp3) is 0.384. The van der Waals surface area contributed by atoms with Crippen LogP contribution in [0.15, 0.2) is 108 Å². The van der Waals surface area contributed by atoms with Gasteiger partial charge in [0, 0.05) is 29.0 Å². The van der Waals surface area contributed by atoms with Gasteiger partial charge in [-0.15, -0.1) is 0 Å². The number of aliphatic hydroxyl groups is 6. The van der Waals surface area contributed by atoms with Crippen molar-refractivity contribution in [3.63, 3.8) is 0 Å². The van der Waals surface area contributed by atoms with Gasteiger partial charge >= 0.3 is 5.97 Å². The van der Waals surface area contributed by atoms with Crippen molar-refractivity contribution in [3.05, 3.63) is 152 Å². The molecule has 11 bridgehead atoms. The number of hydrogen-bond donors (Lipinski definition) is 18. The van der Waals surface area contributed by atoms with E-state index in [-0.39, 0.29) is 58.6 Å². The highest BCUT2D eigenvalue weighted by Crippen LogP contribution is 2.50. The SMILES string of the molecule is Cc1cccc(C=N[C@H](CC(C)C)C(=O)N[C@H]2C(=O)N[C@@H](CC(N)=O)C(=O)N[C@@H]3C(=O)N[C@H]4C(=O)N[C@H](C(=O)N[C@H](C(=O)O)c5cc(O)cc(O)c5-c5cc4ccc5O)[C@H](O)c4ccc(c(Cl)c4)Oc4cc3cc(c4O[C@@H]3O[C@H](CO)[C@@H](O)[C@H](O)[C@H]3O[C@H]3C[C@](C)([NH3+])[C@H](O)[C@H](C)O3)Oc3ccc(cc3Cl)[C@H]2O)c1.[Cl-]. The zero-order valence-electron chi connectivity index (χ0n) is 58.7. The van der Waals surface area contributed by atoms with Crippen molar-refractivity contribution < 1.29 is 136 Å². The number of carbonyl (C=O) groups excluding carboxylic acids is 7. The van der Waals surface area contributed by atoms with E-state index in [0.29, 0.717) is 5.56 Å². The Balaban J connectivity index is 0.0000127. The Kier molecular flexibility index (Phi) is 25.0. The van der Waals surface area contributed by atoms with Crippen LogP contribution in [-0.2, 0) is 52.6 Å². The zero-order valence-corrected chi connectivity index (χ0v) is 60.9. The Hall–Kier alpha value is -9.98. The van der Waals surface area contributed by atoms with Crippen molar-refractivity contribution in [3.8, 4) is 57.1 Å². The van der Waals surface area contributed by atoms with Gasteiger partial charge in [-0.05, 0) is 116 Å². The van der Waals surface area contributed by atoms with Crippen LogP contribution in [0.2, 0.25) is 10.0 Å². The van der Waals surface area contributed by atoms with Gasteiger partial charge in [-0.2, -0.15) is 0 Å². The molecule has 36 heteroatoms. The molecule has 0 spiro atoms. The van der Waals surface area contributed by atoms with E-state index < -0.39 is 237 Å². The number of quaternary nitrogens is 1. The quantitative estimate of drug-likeness (QED) is 0.0558. The average Bonchev–Trinajstić information content (AvgIpc) is 0.769. The number of aliphatic hydroxyl groups excluding tert-OH is 6. The highest BCUT2D eigenvalue weighted by atomic mass is 35.5. The molecule has 2 saturated heterocycles. The molecule has 6 aromatic carbocycles. The predicted molar refractivity (Wildman–Crippen MR) is 378 cm³/mol. The lowest BCUT2D eigenvalue weighted by Gasteiger charge is -2.45. The summed E-state index contributed by atoms with van der Waals surface area (Å²) >= 11 is 14.2. The summed E-state index contributed by atoms with van der Waals surface area (Å²) in [4.78, 5) is 123. The number of hydrogen-bond acceptors (Lipinski definition) is 24. The number of rotatable bonds is 14. The smallest absolute Gasteiger partial charge is 0.330 e. The fourth-order valence-corrected chi connectivity index (χ4v) is 13.8. The van der Waals surface area contributed by atoms with Crippen molar-refractivity contribution in [1.29, 1.82) is 0 Å². The maximum atomic E-state index is 16.1. The maximum absolute atomic E-state index is 16.1. The lowest BCUT2D eigenvalue weighted by Crippen LogP contribution is -3.00. The van der Waals surface area contributed by atoms with E-state index >= 15 is 19.2 Å². The third-order valence-corrected chi connectivity index (χ3v) is 19.5. The summed E-state index contributed by atoms with van der Waals surface area (Å²) < 4.78 is 38.6. The van der Waals surface area contributed by atoms with E-state index in [1.165, 1.54) is 25.3 Å². The number of carboxylic acid groups (broad SMARTS) is 1. The first-order valence-electron chi connectivity index (χ1n) is 34.0. The first-order valence-corrected chi connectivity index (χ1v) is 34.8. The first kappa shape index (κ1) is 81.5. The number of carbonyl (C=O) groups is 8. The molecule has 33 nitrogen and oxygen atoms in total. The van der Waals surface area contributed by atoms with E-state index in [2.05, 4.69) is 42.6 Å². The van der Waals surface area contributed by atoms with Crippen LogP contribution in [0.3, 0.4) is 0 Å². The number of aromatic hydroxyl groups is 3. The largest absolute Gasteiger partial charge is 1.00 e. The number of fused-ring (bicyclic) bond motifs is 15. The van der Waals surface area contributed by atoms with Crippen LogP contribution in [-0.4, -0.2) is 190 Å². The molecule has 2 fully saturated rings. The van der Waals surface area contributed by atoms with E-state index in [1.807, 2.05) is 26.8 Å². The molecule has 21 N–H and O–H groups in total. The number of nitrogens with two attached hydrogens (primary N) is 1. The van der Waals surface area contributed by atoms with Crippen molar-refractivity contribution in [2.75, 3.05) is 6.61 Å². The third-order valence-electron chi connectivity index (χ3n) is 18.9. The lowest BCUT2D eigenvalue weighted by atomic mass is 9.86. The van der Waals surface area contributed by atoms with Gasteiger partial charge in [-0.3, -0.25) is 38.6 Å². The van der Waals surface area contributed by atoms with Gasteiger partial charge in [0.1, 0.15) is 107 Å². The Morgan fingerprint density at radius 2 is 1.36 bits per heavy atom. The summed E-state index contributed by atoms with van der Waals surface area (Å²) in [6.07, 6.45) is -16.9. The second-order valence-electron chi connectivity index (χ2n) is 27.7. The minimum absolute atomic E-state index is 0. The molecule has 7 heterocycles. The Labute approximate surface area is 637 Å². The summed E-state index contributed by atoms with van der Waals surface area (Å²) in [5.74, 6) is -16.2. The fourth-order valence-electron chi connectivity index (χ4n) is 13.3. The molecule has 0 aliphatic carbocycles. The molecule has 0 aromatic heterocycles. The van der Waals surface area contributed by atoms with Gasteiger partial charge in [0.25, 0.3) is 0 Å². The van der Waals surface area contributed by atoms with Crippen molar-refractivity contribution >= 4 is 76.7 Å². The average molecular weight is 1570 g/mol. The van der Waals surface area contributed by atoms with Crippen LogP contribution >= 0.6 is 23.2 Å². The molecule has 109 heavy (non-hydrogen) atoms. The molecule has 7 amide bonds. The number of amides is 7. The molecule has 6 aromatic rings. The molecular weight excluding hydrogens is 1490 g/mol. The summed E-state index contributed by atoms with van der Waals surface area (Å²) in [5, 5.41) is 129. The van der Waals surface area contributed by atoms with E-state index in [1.54, 1.807) is 25.1 Å². The molecule has 7 aliphatic rings. The van der Waals surface area contributed by atoms with Gasteiger partial charge in [-0.1, -0.05) is 85.1 Å². The van der Waals surface area contributed by atoms with E-state index in [0.717, 1.165) is 72.3 Å². The maximum Gasteiger partial charge on any atom is 0.330 e. The lowest BCUT2D eigenvalue weighted by molar-refractivity contribution is -0.518. The van der Waals surface area contributed by atoms with Crippen molar-refractivity contribution in [2.45, 2.75) is 163 Å². The normalized spacial score (nSPS) is 28.1. The number of aliphatic carboxylic acids is 1. The van der Waals surface area contributed by atoms with Crippen LogP contribution in [0.4, 0.5) is 0 Å². The number of carboxylic acids is 1. The van der Waals surface area contributed by atoms with Gasteiger partial charge in [0.2, 0.25) is 53.4 Å². The molecule has 582 valence electrons. The van der Waals surface area contributed by atoms with E-state index in [9.17, 15) is 70.2 Å². The molecule has 0 radical (unpaired) electrons. The van der Waals surface area contributed by atoms with Crippen molar-refractivity contribution in [2.24, 2.45) is 16.6 Å².